The summed E-state index contributed by atoms with van der Waals surface area (Å²) in [6, 6.07) is 4.69. The molecular formula is C11H10BrN3O3S. The fourth-order valence-corrected chi connectivity index (χ4v) is 2.77. The van der Waals surface area contributed by atoms with E-state index in [4.69, 9.17) is 9.84 Å². The molecule has 6 nitrogen and oxygen atoms in total. The number of pyridine rings is 1. The van der Waals surface area contributed by atoms with Crippen molar-refractivity contribution in [2.24, 2.45) is 4.99 Å². The lowest BCUT2D eigenvalue weighted by molar-refractivity contribution is 0.0690. The average molecular weight is 344 g/mol. The van der Waals surface area contributed by atoms with Crippen LogP contribution in [0.15, 0.2) is 33.2 Å². The van der Waals surface area contributed by atoms with Crippen molar-refractivity contribution < 1.29 is 14.6 Å². The van der Waals surface area contributed by atoms with E-state index >= 15 is 0 Å². The van der Waals surface area contributed by atoms with Crippen molar-refractivity contribution >= 4 is 39.1 Å². The predicted molar refractivity (Wildman–Crippen MR) is 73.4 cm³/mol. The zero-order chi connectivity index (χ0) is 13.8. The Labute approximate surface area is 121 Å². The Kier molecular flexibility index (Phi) is 4.46. The van der Waals surface area contributed by atoms with Gasteiger partial charge in [-0.25, -0.2) is 14.8 Å². The van der Waals surface area contributed by atoms with Crippen molar-refractivity contribution in [3.05, 3.63) is 38.7 Å². The number of carboxylic acid groups (broad SMARTS) is 1. The van der Waals surface area contributed by atoms with Gasteiger partial charge < -0.3 is 9.84 Å². The molecular weight excluding hydrogens is 334 g/mol. The molecule has 0 aliphatic carbocycles. The van der Waals surface area contributed by atoms with E-state index in [0.717, 1.165) is 3.79 Å². The van der Waals surface area contributed by atoms with E-state index in [9.17, 15) is 4.79 Å². The third kappa shape index (κ3) is 3.49. The number of aromatic carboxylic acids is 1. The van der Waals surface area contributed by atoms with Gasteiger partial charge in [-0.3, -0.25) is 4.57 Å². The van der Waals surface area contributed by atoms with Crippen molar-refractivity contribution in [1.29, 1.82) is 0 Å². The van der Waals surface area contributed by atoms with Crippen LogP contribution >= 0.6 is 27.3 Å². The summed E-state index contributed by atoms with van der Waals surface area (Å²) in [7, 11) is 1.59. The number of carbonyl (C=O) groups is 1. The molecule has 0 aliphatic heterocycles. The second kappa shape index (κ2) is 6.09. The summed E-state index contributed by atoms with van der Waals surface area (Å²) >= 11 is 4.78. The monoisotopic (exact) mass is 343 g/mol. The normalized spacial score (nSPS) is 11.8. The summed E-state index contributed by atoms with van der Waals surface area (Å²) in [6.45, 7) is 0.361. The molecule has 2 rings (SSSR count). The number of methoxy groups -OCH3 is 1. The topological polar surface area (TPSA) is 76.7 Å². The molecule has 0 radical (unpaired) electrons. The summed E-state index contributed by atoms with van der Waals surface area (Å²) in [6.07, 6.45) is 1.84. The second-order valence-corrected chi connectivity index (χ2v) is 5.89. The number of rotatable bonds is 4. The average Bonchev–Trinajstić information content (AvgIpc) is 2.70. The summed E-state index contributed by atoms with van der Waals surface area (Å²) in [5, 5.41) is 8.88. The van der Waals surface area contributed by atoms with Crippen LogP contribution in [0.3, 0.4) is 0 Å². The van der Waals surface area contributed by atoms with Crippen LogP contribution in [0, 0.1) is 0 Å². The van der Waals surface area contributed by atoms with Crippen LogP contribution in [0.2, 0.25) is 0 Å². The Morgan fingerprint density at radius 1 is 1.63 bits per heavy atom. The highest BCUT2D eigenvalue weighted by Gasteiger charge is 2.05. The molecule has 0 aliphatic rings. The highest BCUT2D eigenvalue weighted by atomic mass is 79.9. The minimum absolute atomic E-state index is 0.0323. The molecule has 2 heterocycles. The van der Waals surface area contributed by atoms with Gasteiger partial charge in [0.15, 0.2) is 16.3 Å². The number of hydrogen-bond acceptors (Lipinski definition) is 5. The highest BCUT2D eigenvalue weighted by Crippen LogP contribution is 2.14. The van der Waals surface area contributed by atoms with E-state index in [2.05, 4.69) is 25.9 Å². The maximum absolute atomic E-state index is 10.8. The van der Waals surface area contributed by atoms with Gasteiger partial charge in [-0.1, -0.05) is 17.4 Å². The van der Waals surface area contributed by atoms with Crippen LogP contribution in [-0.4, -0.2) is 27.7 Å². The van der Waals surface area contributed by atoms with Crippen molar-refractivity contribution in [1.82, 2.24) is 9.55 Å². The maximum atomic E-state index is 10.8. The number of ether oxygens (including phenoxy) is 1. The molecule has 0 atom stereocenters. The largest absolute Gasteiger partial charge is 0.477 e. The van der Waals surface area contributed by atoms with Crippen molar-refractivity contribution in [3.8, 4) is 0 Å². The molecule has 100 valence electrons. The smallest absolute Gasteiger partial charge is 0.354 e. The summed E-state index contributed by atoms with van der Waals surface area (Å²) in [4.78, 5) is 19.8. The zero-order valence-electron chi connectivity index (χ0n) is 9.91. The summed E-state index contributed by atoms with van der Waals surface area (Å²) in [5.74, 6) is -0.728. The van der Waals surface area contributed by atoms with E-state index in [1.165, 1.54) is 17.4 Å². The molecule has 2 aromatic rings. The maximum Gasteiger partial charge on any atom is 0.354 e. The lowest BCUT2D eigenvalue weighted by Gasteiger charge is -1.99. The standard InChI is InChI=1S/C11H10BrN3O3S/c1-18-6-15-5-8(12)19-11(15)14-9-4-2-3-7(13-9)10(16)17/h2-5H,6H2,1H3,(H,16,17)/b14-11-. The van der Waals surface area contributed by atoms with Crippen molar-refractivity contribution in [2.45, 2.75) is 6.73 Å². The number of aromatic nitrogens is 2. The highest BCUT2D eigenvalue weighted by molar-refractivity contribution is 9.11. The van der Waals surface area contributed by atoms with Crippen molar-refractivity contribution in [3.63, 3.8) is 0 Å². The van der Waals surface area contributed by atoms with Crippen LogP contribution in [0.1, 0.15) is 10.5 Å². The van der Waals surface area contributed by atoms with Gasteiger partial charge in [0, 0.05) is 13.3 Å². The fraction of sp³-hybridized carbons (Fsp3) is 0.182. The summed E-state index contributed by atoms with van der Waals surface area (Å²) in [5.41, 5.74) is -0.0323. The zero-order valence-corrected chi connectivity index (χ0v) is 12.3. The molecule has 0 saturated heterocycles. The fourth-order valence-electron chi connectivity index (χ4n) is 1.37. The van der Waals surface area contributed by atoms with E-state index in [1.54, 1.807) is 23.8 Å². The molecule has 0 saturated carbocycles. The van der Waals surface area contributed by atoms with Crippen molar-refractivity contribution in [2.75, 3.05) is 7.11 Å². The first-order chi connectivity index (χ1) is 9.10. The number of thiazole rings is 1. The number of halogens is 1. The van der Waals surface area contributed by atoms with Crippen LogP contribution in [0.4, 0.5) is 5.82 Å². The van der Waals surface area contributed by atoms with E-state index in [-0.39, 0.29) is 5.69 Å². The van der Waals surface area contributed by atoms with E-state index < -0.39 is 5.97 Å². The van der Waals surface area contributed by atoms with Gasteiger partial charge in [-0.05, 0) is 28.1 Å². The van der Waals surface area contributed by atoms with Gasteiger partial charge in [-0.15, -0.1) is 0 Å². The number of nitrogens with zero attached hydrogens (tertiary/aromatic N) is 3. The molecule has 0 fully saturated rings. The lowest BCUT2D eigenvalue weighted by Crippen LogP contribution is -2.14. The van der Waals surface area contributed by atoms with Crippen LogP contribution in [0.25, 0.3) is 0 Å². The Balaban J connectivity index is 2.45. The number of carboxylic acids is 1. The van der Waals surface area contributed by atoms with E-state index in [0.29, 0.717) is 17.4 Å². The van der Waals surface area contributed by atoms with Gasteiger partial charge in [0.1, 0.15) is 6.73 Å². The third-order valence-corrected chi connectivity index (χ3v) is 3.62. The SMILES string of the molecule is COCn1cc(Br)s/c1=N\c1cccc(C(=O)O)n1. The first-order valence-electron chi connectivity index (χ1n) is 5.20. The molecule has 19 heavy (non-hydrogen) atoms. The lowest BCUT2D eigenvalue weighted by atomic mass is 10.3. The van der Waals surface area contributed by atoms with Gasteiger partial charge >= 0.3 is 5.97 Å². The molecule has 0 aromatic carbocycles. The minimum Gasteiger partial charge on any atom is -0.477 e. The first kappa shape index (κ1) is 13.9. The van der Waals surface area contributed by atoms with Gasteiger partial charge in [0.2, 0.25) is 0 Å². The minimum atomic E-state index is -1.07. The second-order valence-electron chi connectivity index (χ2n) is 3.50. The van der Waals surface area contributed by atoms with Gasteiger partial charge in [0.05, 0.1) is 3.79 Å². The van der Waals surface area contributed by atoms with E-state index in [1.807, 2.05) is 6.20 Å². The first-order valence-corrected chi connectivity index (χ1v) is 6.81. The molecule has 0 amide bonds. The molecule has 1 N–H and O–H groups in total. The molecule has 8 heteroatoms. The summed E-state index contributed by atoms with van der Waals surface area (Å²) < 4.78 is 7.75. The van der Waals surface area contributed by atoms with Crippen LogP contribution in [0.5, 0.6) is 0 Å². The predicted octanol–water partition coefficient (Wildman–Crippen LogP) is 2.24. The Morgan fingerprint density at radius 2 is 2.42 bits per heavy atom. The van der Waals surface area contributed by atoms with Crippen LogP contribution in [-0.2, 0) is 11.5 Å². The Hall–Kier alpha value is -1.51. The van der Waals surface area contributed by atoms with Gasteiger partial charge in [0.25, 0.3) is 0 Å². The van der Waals surface area contributed by atoms with Crippen LogP contribution < -0.4 is 4.80 Å². The Bertz CT molecular complexity index is 665. The molecule has 2 aromatic heterocycles. The Morgan fingerprint density at radius 3 is 3.11 bits per heavy atom. The third-order valence-electron chi connectivity index (χ3n) is 2.12. The molecule has 0 bridgehead atoms. The molecule has 0 spiro atoms. The molecule has 0 unspecified atom stereocenters. The number of hydrogen-bond donors (Lipinski definition) is 1. The quantitative estimate of drug-likeness (QED) is 0.923. The van der Waals surface area contributed by atoms with Gasteiger partial charge in [-0.2, -0.15) is 0 Å².